The molecule has 2 rings (SSSR count). The molecule has 0 saturated carbocycles. The van der Waals surface area contributed by atoms with E-state index in [2.05, 4.69) is 15.9 Å². The highest BCUT2D eigenvalue weighted by Crippen LogP contribution is 2.32. The molecule has 4 heteroatoms. The number of halogens is 2. The first kappa shape index (κ1) is 13.1. The molecule has 2 nitrogen and oxygen atoms in total. The van der Waals surface area contributed by atoms with Crippen LogP contribution in [-0.4, -0.2) is 6.29 Å². The second-order valence-electron chi connectivity index (χ2n) is 3.81. The SMILES string of the molecule is Cc1cc(Oc2ccc(Br)cc2Cl)ccc1C=O. The number of benzene rings is 2. The zero-order chi connectivity index (χ0) is 13.1. The zero-order valence-electron chi connectivity index (χ0n) is 9.61. The average Bonchev–Trinajstić information content (AvgIpc) is 2.33. The van der Waals surface area contributed by atoms with Crippen LogP contribution in [-0.2, 0) is 0 Å². The number of aryl methyl sites for hydroxylation is 1. The van der Waals surface area contributed by atoms with E-state index in [1.54, 1.807) is 24.3 Å². The van der Waals surface area contributed by atoms with Crippen molar-refractivity contribution in [3.8, 4) is 11.5 Å². The highest BCUT2D eigenvalue weighted by molar-refractivity contribution is 9.10. The van der Waals surface area contributed by atoms with Crippen LogP contribution in [0.5, 0.6) is 11.5 Å². The van der Waals surface area contributed by atoms with Crippen molar-refractivity contribution in [1.82, 2.24) is 0 Å². The van der Waals surface area contributed by atoms with Gasteiger partial charge in [0.25, 0.3) is 0 Å². The Morgan fingerprint density at radius 3 is 2.61 bits per heavy atom. The van der Waals surface area contributed by atoms with Gasteiger partial charge in [-0.2, -0.15) is 0 Å². The standard InChI is InChI=1S/C14H10BrClO2/c1-9-6-12(4-2-10(9)8-17)18-14-5-3-11(15)7-13(14)16/h2-8H,1H3. The van der Waals surface area contributed by atoms with Gasteiger partial charge in [-0.15, -0.1) is 0 Å². The molecule has 18 heavy (non-hydrogen) atoms. The summed E-state index contributed by atoms with van der Waals surface area (Å²) in [7, 11) is 0. The number of aldehydes is 1. The van der Waals surface area contributed by atoms with Crippen molar-refractivity contribution < 1.29 is 9.53 Å². The fourth-order valence-corrected chi connectivity index (χ4v) is 2.24. The molecule has 0 bridgehead atoms. The molecule has 0 radical (unpaired) electrons. The molecule has 2 aromatic carbocycles. The summed E-state index contributed by atoms with van der Waals surface area (Å²) in [5.74, 6) is 1.24. The molecule has 0 atom stereocenters. The number of hydrogen-bond acceptors (Lipinski definition) is 2. The van der Waals surface area contributed by atoms with Crippen LogP contribution in [0.3, 0.4) is 0 Å². The Labute approximate surface area is 119 Å². The maximum absolute atomic E-state index is 10.7. The van der Waals surface area contributed by atoms with Gasteiger partial charge in [-0.05, 0) is 48.9 Å². The van der Waals surface area contributed by atoms with Crippen LogP contribution in [0.25, 0.3) is 0 Å². The molecule has 2 aromatic rings. The van der Waals surface area contributed by atoms with Crippen LogP contribution in [0, 0.1) is 6.92 Å². The third-order valence-electron chi connectivity index (χ3n) is 2.49. The maximum atomic E-state index is 10.7. The molecule has 0 unspecified atom stereocenters. The van der Waals surface area contributed by atoms with Crippen molar-refractivity contribution in [3.05, 3.63) is 57.0 Å². The molecule has 0 aliphatic carbocycles. The minimum absolute atomic E-state index is 0.529. The van der Waals surface area contributed by atoms with Gasteiger partial charge in [-0.1, -0.05) is 27.5 Å². The second kappa shape index (κ2) is 5.55. The third-order valence-corrected chi connectivity index (χ3v) is 3.28. The van der Waals surface area contributed by atoms with Crippen molar-refractivity contribution >= 4 is 33.8 Å². The maximum Gasteiger partial charge on any atom is 0.150 e. The van der Waals surface area contributed by atoms with E-state index in [1.807, 2.05) is 19.1 Å². The summed E-state index contributed by atoms with van der Waals surface area (Å²) >= 11 is 9.40. The number of hydrogen-bond donors (Lipinski definition) is 0. The lowest BCUT2D eigenvalue weighted by Gasteiger charge is -2.09. The molecule has 0 N–H and O–H groups in total. The summed E-state index contributed by atoms with van der Waals surface area (Å²) in [6.45, 7) is 1.86. The largest absolute Gasteiger partial charge is 0.456 e. The predicted molar refractivity (Wildman–Crippen MR) is 75.8 cm³/mol. The molecule has 0 aromatic heterocycles. The van der Waals surface area contributed by atoms with Gasteiger partial charge >= 0.3 is 0 Å². The van der Waals surface area contributed by atoms with Gasteiger partial charge < -0.3 is 4.74 Å². The minimum Gasteiger partial charge on any atom is -0.456 e. The highest BCUT2D eigenvalue weighted by atomic mass is 79.9. The van der Waals surface area contributed by atoms with E-state index >= 15 is 0 Å². The Morgan fingerprint density at radius 1 is 1.22 bits per heavy atom. The number of rotatable bonds is 3. The minimum atomic E-state index is 0.529. The van der Waals surface area contributed by atoms with Crippen molar-refractivity contribution in [2.75, 3.05) is 0 Å². The van der Waals surface area contributed by atoms with Gasteiger partial charge in [-0.3, -0.25) is 4.79 Å². The topological polar surface area (TPSA) is 26.3 Å². The summed E-state index contributed by atoms with van der Waals surface area (Å²) in [5, 5.41) is 0.529. The van der Waals surface area contributed by atoms with E-state index in [9.17, 15) is 4.79 Å². The molecule has 0 aliphatic rings. The monoisotopic (exact) mass is 324 g/mol. The fourth-order valence-electron chi connectivity index (χ4n) is 1.53. The fraction of sp³-hybridized carbons (Fsp3) is 0.0714. The molecular formula is C14H10BrClO2. The van der Waals surface area contributed by atoms with E-state index in [0.29, 0.717) is 22.1 Å². The first-order valence-electron chi connectivity index (χ1n) is 5.29. The van der Waals surface area contributed by atoms with Gasteiger partial charge in [0, 0.05) is 10.0 Å². The van der Waals surface area contributed by atoms with E-state index in [0.717, 1.165) is 16.3 Å². The molecule has 0 aliphatic heterocycles. The Hall–Kier alpha value is -1.32. The summed E-state index contributed by atoms with van der Waals surface area (Å²) in [6.07, 6.45) is 0.825. The van der Waals surface area contributed by atoms with Crippen LogP contribution in [0.15, 0.2) is 40.9 Å². The normalized spacial score (nSPS) is 10.2. The average molecular weight is 326 g/mol. The molecule has 0 amide bonds. The van der Waals surface area contributed by atoms with E-state index in [4.69, 9.17) is 16.3 Å². The van der Waals surface area contributed by atoms with Crippen molar-refractivity contribution in [3.63, 3.8) is 0 Å². The molecular weight excluding hydrogens is 316 g/mol. The van der Waals surface area contributed by atoms with Gasteiger partial charge in [0.05, 0.1) is 5.02 Å². The van der Waals surface area contributed by atoms with Gasteiger partial charge in [0.2, 0.25) is 0 Å². The van der Waals surface area contributed by atoms with Gasteiger partial charge in [0.1, 0.15) is 17.8 Å². The smallest absolute Gasteiger partial charge is 0.150 e. The van der Waals surface area contributed by atoms with E-state index in [-0.39, 0.29) is 0 Å². The second-order valence-corrected chi connectivity index (χ2v) is 5.14. The highest BCUT2D eigenvalue weighted by Gasteiger charge is 2.05. The van der Waals surface area contributed by atoms with Crippen LogP contribution >= 0.6 is 27.5 Å². The molecule has 92 valence electrons. The Bertz CT molecular complexity index is 596. The van der Waals surface area contributed by atoms with Crippen LogP contribution in [0.4, 0.5) is 0 Å². The molecule has 0 fully saturated rings. The molecule has 0 spiro atoms. The van der Waals surface area contributed by atoms with E-state index in [1.165, 1.54) is 0 Å². The van der Waals surface area contributed by atoms with Crippen molar-refractivity contribution in [2.45, 2.75) is 6.92 Å². The number of ether oxygens (including phenoxy) is 1. The summed E-state index contributed by atoms with van der Waals surface area (Å²) in [6, 6.07) is 10.7. The molecule has 0 saturated heterocycles. The van der Waals surface area contributed by atoms with Gasteiger partial charge in [0.15, 0.2) is 0 Å². The molecule has 0 heterocycles. The predicted octanol–water partition coefficient (Wildman–Crippen LogP) is 5.02. The van der Waals surface area contributed by atoms with Gasteiger partial charge in [-0.25, -0.2) is 0 Å². The Morgan fingerprint density at radius 2 is 2.00 bits per heavy atom. The zero-order valence-corrected chi connectivity index (χ0v) is 12.0. The van der Waals surface area contributed by atoms with Crippen LogP contribution in [0.1, 0.15) is 15.9 Å². The quantitative estimate of drug-likeness (QED) is 0.741. The number of carbonyl (C=O) groups is 1. The van der Waals surface area contributed by atoms with Crippen molar-refractivity contribution in [1.29, 1.82) is 0 Å². The van der Waals surface area contributed by atoms with Crippen LogP contribution in [0.2, 0.25) is 5.02 Å². The lowest BCUT2D eigenvalue weighted by atomic mass is 10.1. The Kier molecular flexibility index (Phi) is 4.04. The third kappa shape index (κ3) is 2.92. The lowest BCUT2D eigenvalue weighted by molar-refractivity contribution is 0.112. The summed E-state index contributed by atoms with van der Waals surface area (Å²) in [5.41, 5.74) is 1.53. The first-order chi connectivity index (χ1) is 8.60. The summed E-state index contributed by atoms with van der Waals surface area (Å²) in [4.78, 5) is 10.7. The first-order valence-corrected chi connectivity index (χ1v) is 6.46. The summed E-state index contributed by atoms with van der Waals surface area (Å²) < 4.78 is 6.57. The lowest BCUT2D eigenvalue weighted by Crippen LogP contribution is -1.89. The van der Waals surface area contributed by atoms with E-state index < -0.39 is 0 Å². The van der Waals surface area contributed by atoms with Crippen molar-refractivity contribution in [2.24, 2.45) is 0 Å². The Balaban J connectivity index is 2.28. The number of carbonyl (C=O) groups excluding carboxylic acids is 1. The van der Waals surface area contributed by atoms with Crippen LogP contribution < -0.4 is 4.74 Å².